The zero-order valence-corrected chi connectivity index (χ0v) is 14.7. The quantitative estimate of drug-likeness (QED) is 0.854. The second-order valence-electron chi connectivity index (χ2n) is 6.38. The summed E-state index contributed by atoms with van der Waals surface area (Å²) >= 11 is 1.90. The standard InChI is InChI=1S/C18H25N3O2S/c22-17(11-15-13-24-10-8-19-15)20-12-14-4-6-16(7-5-14)21-9-2-1-3-18(21)23/h4-7,15,19H,1-3,8-13H2,(H,20,22). The maximum atomic E-state index is 12.0. The number of piperidine rings is 1. The zero-order valence-electron chi connectivity index (χ0n) is 13.9. The third kappa shape index (κ3) is 4.74. The van der Waals surface area contributed by atoms with E-state index in [1.165, 1.54) is 0 Å². The van der Waals surface area contributed by atoms with Gasteiger partial charge >= 0.3 is 0 Å². The van der Waals surface area contributed by atoms with Crippen LogP contribution in [0, 0.1) is 0 Å². The molecule has 6 heteroatoms. The summed E-state index contributed by atoms with van der Waals surface area (Å²) in [6.07, 6.45) is 3.24. The highest BCUT2D eigenvalue weighted by molar-refractivity contribution is 7.99. The molecule has 1 atom stereocenters. The second-order valence-corrected chi connectivity index (χ2v) is 7.53. The highest BCUT2D eigenvalue weighted by Crippen LogP contribution is 2.21. The van der Waals surface area contributed by atoms with Crippen molar-refractivity contribution < 1.29 is 9.59 Å². The molecule has 1 aromatic rings. The predicted molar refractivity (Wildman–Crippen MR) is 98.2 cm³/mol. The summed E-state index contributed by atoms with van der Waals surface area (Å²) < 4.78 is 0. The number of carbonyl (C=O) groups is 2. The lowest BCUT2D eigenvalue weighted by Gasteiger charge is -2.27. The van der Waals surface area contributed by atoms with Gasteiger partial charge in [0.15, 0.2) is 0 Å². The summed E-state index contributed by atoms with van der Waals surface area (Å²) in [5, 5.41) is 6.36. The smallest absolute Gasteiger partial charge is 0.226 e. The Kier molecular flexibility index (Phi) is 6.15. The molecule has 0 bridgehead atoms. The number of benzene rings is 1. The molecular formula is C18H25N3O2S. The van der Waals surface area contributed by atoms with Crippen LogP contribution in [0.1, 0.15) is 31.2 Å². The lowest BCUT2D eigenvalue weighted by molar-refractivity contribution is -0.121. The van der Waals surface area contributed by atoms with E-state index in [-0.39, 0.29) is 17.9 Å². The van der Waals surface area contributed by atoms with Gasteiger partial charge in [-0.25, -0.2) is 0 Å². The van der Waals surface area contributed by atoms with Crippen LogP contribution in [0.25, 0.3) is 0 Å². The minimum Gasteiger partial charge on any atom is -0.352 e. The van der Waals surface area contributed by atoms with Crippen molar-refractivity contribution in [3.63, 3.8) is 0 Å². The van der Waals surface area contributed by atoms with E-state index in [0.717, 1.165) is 48.7 Å². The van der Waals surface area contributed by atoms with E-state index in [1.807, 2.05) is 40.9 Å². The van der Waals surface area contributed by atoms with Gasteiger partial charge in [-0.2, -0.15) is 11.8 Å². The molecule has 2 fully saturated rings. The monoisotopic (exact) mass is 347 g/mol. The highest BCUT2D eigenvalue weighted by Gasteiger charge is 2.19. The van der Waals surface area contributed by atoms with E-state index in [2.05, 4.69) is 10.6 Å². The Morgan fingerprint density at radius 2 is 2.12 bits per heavy atom. The molecule has 0 aliphatic carbocycles. The van der Waals surface area contributed by atoms with Gasteiger partial charge in [0, 0.05) is 55.7 Å². The first kappa shape index (κ1) is 17.3. The first-order valence-corrected chi connectivity index (χ1v) is 9.85. The number of hydrogen-bond acceptors (Lipinski definition) is 4. The molecular weight excluding hydrogens is 322 g/mol. The van der Waals surface area contributed by atoms with E-state index in [0.29, 0.717) is 19.4 Å². The normalized spacial score (nSPS) is 21.6. The molecule has 5 nitrogen and oxygen atoms in total. The average Bonchev–Trinajstić information content (AvgIpc) is 2.62. The SMILES string of the molecule is O=C(CC1CSCCN1)NCc1ccc(N2CCCCC2=O)cc1. The van der Waals surface area contributed by atoms with Crippen LogP contribution in [0.5, 0.6) is 0 Å². The molecule has 2 aliphatic heterocycles. The number of amides is 2. The van der Waals surface area contributed by atoms with Gasteiger partial charge in [-0.05, 0) is 30.5 Å². The number of rotatable bonds is 5. The number of carbonyl (C=O) groups excluding carboxylic acids is 2. The maximum Gasteiger partial charge on any atom is 0.226 e. The largest absolute Gasteiger partial charge is 0.352 e. The van der Waals surface area contributed by atoms with Crippen molar-refractivity contribution in [2.75, 3.05) is 29.5 Å². The van der Waals surface area contributed by atoms with Crippen molar-refractivity contribution in [1.82, 2.24) is 10.6 Å². The molecule has 2 N–H and O–H groups in total. The minimum absolute atomic E-state index is 0.0882. The van der Waals surface area contributed by atoms with Crippen LogP contribution in [0.2, 0.25) is 0 Å². The van der Waals surface area contributed by atoms with Crippen molar-refractivity contribution in [2.24, 2.45) is 0 Å². The van der Waals surface area contributed by atoms with Gasteiger partial charge in [0.2, 0.25) is 11.8 Å². The average molecular weight is 347 g/mol. The minimum atomic E-state index is 0.0882. The summed E-state index contributed by atoms with van der Waals surface area (Å²) in [5.74, 6) is 2.43. The van der Waals surface area contributed by atoms with Crippen molar-refractivity contribution >= 4 is 29.3 Å². The van der Waals surface area contributed by atoms with Crippen molar-refractivity contribution in [1.29, 1.82) is 0 Å². The third-order valence-electron chi connectivity index (χ3n) is 4.49. The lowest BCUT2D eigenvalue weighted by Crippen LogP contribution is -2.41. The van der Waals surface area contributed by atoms with Gasteiger partial charge in [0.25, 0.3) is 0 Å². The Morgan fingerprint density at radius 3 is 2.83 bits per heavy atom. The van der Waals surface area contributed by atoms with Crippen LogP contribution in [-0.4, -0.2) is 42.5 Å². The molecule has 1 unspecified atom stereocenters. The van der Waals surface area contributed by atoms with Crippen LogP contribution in [-0.2, 0) is 16.1 Å². The molecule has 0 aromatic heterocycles. The van der Waals surface area contributed by atoms with Gasteiger partial charge in [-0.1, -0.05) is 12.1 Å². The summed E-state index contributed by atoms with van der Waals surface area (Å²) in [5.41, 5.74) is 2.01. The van der Waals surface area contributed by atoms with Gasteiger partial charge in [0.1, 0.15) is 0 Å². The van der Waals surface area contributed by atoms with Crippen molar-refractivity contribution in [2.45, 2.75) is 38.3 Å². The Balaban J connectivity index is 1.47. The fraction of sp³-hybridized carbons (Fsp3) is 0.556. The van der Waals surface area contributed by atoms with Gasteiger partial charge in [-0.15, -0.1) is 0 Å². The molecule has 0 spiro atoms. The fourth-order valence-corrected chi connectivity index (χ4v) is 4.07. The van der Waals surface area contributed by atoms with E-state index < -0.39 is 0 Å². The molecule has 130 valence electrons. The van der Waals surface area contributed by atoms with Crippen molar-refractivity contribution in [3.8, 4) is 0 Å². The zero-order chi connectivity index (χ0) is 16.8. The van der Waals surface area contributed by atoms with Crippen molar-refractivity contribution in [3.05, 3.63) is 29.8 Å². The third-order valence-corrected chi connectivity index (χ3v) is 5.62. The summed E-state index contributed by atoms with van der Waals surface area (Å²) in [7, 11) is 0. The van der Waals surface area contributed by atoms with E-state index in [9.17, 15) is 9.59 Å². The maximum absolute atomic E-state index is 12.0. The first-order valence-electron chi connectivity index (χ1n) is 8.69. The molecule has 2 saturated heterocycles. The molecule has 0 saturated carbocycles. The Labute approximate surface area is 147 Å². The van der Waals surface area contributed by atoms with Crippen LogP contribution in [0.15, 0.2) is 24.3 Å². The van der Waals surface area contributed by atoms with Gasteiger partial charge in [-0.3, -0.25) is 9.59 Å². The van der Waals surface area contributed by atoms with E-state index >= 15 is 0 Å². The number of nitrogens with one attached hydrogen (secondary N) is 2. The first-order chi connectivity index (χ1) is 11.7. The number of hydrogen-bond donors (Lipinski definition) is 2. The second kappa shape index (κ2) is 8.53. The molecule has 2 heterocycles. The van der Waals surface area contributed by atoms with Crippen LogP contribution < -0.4 is 15.5 Å². The number of anilines is 1. The highest BCUT2D eigenvalue weighted by atomic mass is 32.2. The number of thioether (sulfide) groups is 1. The van der Waals surface area contributed by atoms with E-state index in [4.69, 9.17) is 0 Å². The van der Waals surface area contributed by atoms with Gasteiger partial charge < -0.3 is 15.5 Å². The fourth-order valence-electron chi connectivity index (χ4n) is 3.12. The van der Waals surface area contributed by atoms with Crippen LogP contribution >= 0.6 is 11.8 Å². The summed E-state index contributed by atoms with van der Waals surface area (Å²) in [4.78, 5) is 25.8. The van der Waals surface area contributed by atoms with Gasteiger partial charge in [0.05, 0.1) is 0 Å². The molecule has 2 amide bonds. The lowest BCUT2D eigenvalue weighted by atomic mass is 10.1. The number of nitrogens with zero attached hydrogens (tertiary/aromatic N) is 1. The molecule has 24 heavy (non-hydrogen) atoms. The summed E-state index contributed by atoms with van der Waals surface area (Å²) in [6.45, 7) is 2.33. The molecule has 0 radical (unpaired) electrons. The predicted octanol–water partition coefficient (Wildman–Crippen LogP) is 1.91. The molecule has 3 rings (SSSR count). The Morgan fingerprint density at radius 1 is 1.29 bits per heavy atom. The van der Waals surface area contributed by atoms with Crippen LogP contribution in [0.3, 0.4) is 0 Å². The van der Waals surface area contributed by atoms with Crippen LogP contribution in [0.4, 0.5) is 5.69 Å². The summed E-state index contributed by atoms with van der Waals surface area (Å²) in [6, 6.07) is 8.23. The topological polar surface area (TPSA) is 61.4 Å². The Hall–Kier alpha value is -1.53. The molecule has 2 aliphatic rings. The van der Waals surface area contributed by atoms with E-state index in [1.54, 1.807) is 0 Å². The Bertz CT molecular complexity index is 570. The molecule has 1 aromatic carbocycles.